The number of alkyl halides is 1. The minimum absolute atomic E-state index is 0.230. The summed E-state index contributed by atoms with van der Waals surface area (Å²) in [5.41, 5.74) is 1.02. The molecule has 0 radical (unpaired) electrons. The van der Waals surface area contributed by atoms with Crippen LogP contribution in [0.4, 0.5) is 4.39 Å². The van der Waals surface area contributed by atoms with Gasteiger partial charge in [0, 0.05) is 10.4 Å². The Morgan fingerprint density at radius 1 is 1.33 bits per heavy atom. The summed E-state index contributed by atoms with van der Waals surface area (Å²) in [4.78, 5) is 0. The Morgan fingerprint density at radius 3 is 2.78 bits per heavy atom. The highest BCUT2D eigenvalue weighted by Crippen LogP contribution is 2.37. The molecule has 1 aromatic carbocycles. The molecular formula is C15H19Cl2F. The van der Waals surface area contributed by atoms with Crippen LogP contribution in [0, 0.1) is 17.7 Å². The van der Waals surface area contributed by atoms with Gasteiger partial charge in [0.2, 0.25) is 0 Å². The van der Waals surface area contributed by atoms with Gasteiger partial charge in [-0.25, -0.2) is 4.39 Å². The fourth-order valence-corrected chi connectivity index (χ4v) is 3.44. The third-order valence-electron chi connectivity index (χ3n) is 4.07. The van der Waals surface area contributed by atoms with Crippen LogP contribution in [-0.4, -0.2) is 5.38 Å². The Hall–Kier alpha value is -0.270. The zero-order chi connectivity index (χ0) is 13.1. The summed E-state index contributed by atoms with van der Waals surface area (Å²) in [7, 11) is 0. The highest BCUT2D eigenvalue weighted by molar-refractivity contribution is 6.31. The van der Waals surface area contributed by atoms with Crippen molar-refractivity contribution in [2.45, 2.75) is 44.4 Å². The second-order valence-corrected chi connectivity index (χ2v) is 6.27. The maximum absolute atomic E-state index is 13.0. The topological polar surface area (TPSA) is 0 Å². The van der Waals surface area contributed by atoms with Gasteiger partial charge in [0.25, 0.3) is 0 Å². The van der Waals surface area contributed by atoms with Crippen LogP contribution in [-0.2, 0) is 6.42 Å². The molecule has 1 aliphatic rings. The third kappa shape index (κ3) is 3.39. The van der Waals surface area contributed by atoms with Crippen molar-refractivity contribution in [2.24, 2.45) is 11.8 Å². The molecule has 1 aliphatic carbocycles. The second-order valence-electron chi connectivity index (χ2n) is 5.30. The smallest absolute Gasteiger partial charge is 0.124 e. The molecule has 3 unspecified atom stereocenters. The lowest BCUT2D eigenvalue weighted by Gasteiger charge is -2.32. The van der Waals surface area contributed by atoms with Crippen LogP contribution in [0.15, 0.2) is 18.2 Å². The summed E-state index contributed by atoms with van der Waals surface area (Å²) in [6, 6.07) is 4.65. The zero-order valence-corrected chi connectivity index (χ0v) is 12.1. The first-order valence-electron chi connectivity index (χ1n) is 6.68. The molecule has 0 saturated heterocycles. The number of rotatable bonds is 3. The number of hydrogen-bond acceptors (Lipinski definition) is 0. The molecule has 1 saturated carbocycles. The molecule has 1 fully saturated rings. The fraction of sp³-hybridized carbons (Fsp3) is 0.600. The van der Waals surface area contributed by atoms with Gasteiger partial charge < -0.3 is 0 Å². The van der Waals surface area contributed by atoms with Gasteiger partial charge in [-0.1, -0.05) is 31.0 Å². The molecule has 0 heterocycles. The average Bonchev–Trinajstić information content (AvgIpc) is 2.35. The molecule has 0 N–H and O–H groups in total. The van der Waals surface area contributed by atoms with Crippen molar-refractivity contribution >= 4 is 23.2 Å². The molecule has 0 nitrogen and oxygen atoms in total. The minimum Gasteiger partial charge on any atom is -0.207 e. The predicted molar refractivity (Wildman–Crippen MR) is 75.9 cm³/mol. The Kier molecular flexibility index (Phi) is 4.91. The molecule has 0 aliphatic heterocycles. The van der Waals surface area contributed by atoms with Crippen molar-refractivity contribution in [2.75, 3.05) is 0 Å². The minimum atomic E-state index is -0.277. The van der Waals surface area contributed by atoms with Crippen LogP contribution in [0.1, 0.15) is 38.2 Å². The van der Waals surface area contributed by atoms with E-state index in [0.717, 1.165) is 24.3 Å². The molecule has 1 aromatic rings. The molecule has 18 heavy (non-hydrogen) atoms. The Labute approximate surface area is 118 Å². The van der Waals surface area contributed by atoms with E-state index in [2.05, 4.69) is 6.92 Å². The lowest BCUT2D eigenvalue weighted by molar-refractivity contribution is 0.265. The highest BCUT2D eigenvalue weighted by atomic mass is 35.5. The lowest BCUT2D eigenvalue weighted by atomic mass is 9.77. The van der Waals surface area contributed by atoms with Gasteiger partial charge in [-0.2, -0.15) is 0 Å². The van der Waals surface area contributed by atoms with Crippen molar-refractivity contribution in [3.8, 4) is 0 Å². The maximum Gasteiger partial charge on any atom is 0.124 e. The van der Waals surface area contributed by atoms with E-state index in [1.807, 2.05) is 0 Å². The summed E-state index contributed by atoms with van der Waals surface area (Å²) < 4.78 is 13.0. The van der Waals surface area contributed by atoms with Crippen molar-refractivity contribution < 1.29 is 4.39 Å². The highest BCUT2D eigenvalue weighted by Gasteiger charge is 2.28. The number of hydrogen-bond donors (Lipinski definition) is 0. The van der Waals surface area contributed by atoms with Crippen LogP contribution in [0.3, 0.4) is 0 Å². The van der Waals surface area contributed by atoms with Crippen molar-refractivity contribution in [3.63, 3.8) is 0 Å². The molecule has 2 rings (SSSR count). The van der Waals surface area contributed by atoms with Crippen molar-refractivity contribution in [3.05, 3.63) is 34.6 Å². The molecule has 0 aromatic heterocycles. The molecule has 100 valence electrons. The van der Waals surface area contributed by atoms with Crippen LogP contribution in [0.5, 0.6) is 0 Å². The normalized spacial score (nSPS) is 28.3. The second kappa shape index (κ2) is 6.25. The van der Waals surface area contributed by atoms with E-state index in [4.69, 9.17) is 23.2 Å². The first-order valence-corrected chi connectivity index (χ1v) is 7.49. The van der Waals surface area contributed by atoms with Gasteiger partial charge in [0.05, 0.1) is 0 Å². The number of halogens is 3. The standard InChI is InChI=1S/C15H19Cl2F/c1-2-10-3-6-14(16)12(7-10)8-11-4-5-13(18)9-15(11)17/h4-5,9-10,12,14H,2-3,6-8H2,1H3. The first kappa shape index (κ1) is 14.1. The molecule has 0 amide bonds. The van der Waals surface area contributed by atoms with E-state index < -0.39 is 0 Å². The fourth-order valence-electron chi connectivity index (χ4n) is 2.88. The van der Waals surface area contributed by atoms with Crippen molar-refractivity contribution in [1.82, 2.24) is 0 Å². The summed E-state index contributed by atoms with van der Waals surface area (Å²) in [5.74, 6) is 0.971. The van der Waals surface area contributed by atoms with Gasteiger partial charge in [0.15, 0.2) is 0 Å². The van der Waals surface area contributed by atoms with Crippen LogP contribution in [0.25, 0.3) is 0 Å². The van der Waals surface area contributed by atoms with E-state index >= 15 is 0 Å². The molecule has 3 atom stereocenters. The molecular weight excluding hydrogens is 270 g/mol. The van der Waals surface area contributed by atoms with Gasteiger partial charge in [-0.3, -0.25) is 0 Å². The zero-order valence-electron chi connectivity index (χ0n) is 10.6. The van der Waals surface area contributed by atoms with E-state index in [1.54, 1.807) is 6.07 Å². The maximum atomic E-state index is 13.0. The van der Waals surface area contributed by atoms with Crippen LogP contribution >= 0.6 is 23.2 Å². The van der Waals surface area contributed by atoms with E-state index in [-0.39, 0.29) is 11.2 Å². The van der Waals surface area contributed by atoms with E-state index in [0.29, 0.717) is 10.9 Å². The summed E-state index contributed by atoms with van der Waals surface area (Å²) in [6.45, 7) is 2.24. The summed E-state index contributed by atoms with van der Waals surface area (Å²) in [5, 5.41) is 0.756. The molecule has 0 spiro atoms. The molecule has 0 bridgehead atoms. The van der Waals surface area contributed by atoms with E-state index in [1.165, 1.54) is 31.4 Å². The summed E-state index contributed by atoms with van der Waals surface area (Å²) in [6.07, 6.45) is 5.57. The first-order chi connectivity index (χ1) is 8.60. The number of benzene rings is 1. The van der Waals surface area contributed by atoms with Gasteiger partial charge in [-0.05, 0) is 55.2 Å². The van der Waals surface area contributed by atoms with E-state index in [9.17, 15) is 4.39 Å². The third-order valence-corrected chi connectivity index (χ3v) is 5.00. The quantitative estimate of drug-likeness (QED) is 0.648. The Bertz CT molecular complexity index is 405. The van der Waals surface area contributed by atoms with Crippen LogP contribution < -0.4 is 0 Å². The average molecular weight is 289 g/mol. The van der Waals surface area contributed by atoms with Gasteiger partial charge in [-0.15, -0.1) is 11.6 Å². The monoisotopic (exact) mass is 288 g/mol. The Balaban J connectivity index is 2.07. The van der Waals surface area contributed by atoms with Crippen molar-refractivity contribution in [1.29, 1.82) is 0 Å². The van der Waals surface area contributed by atoms with Gasteiger partial charge >= 0.3 is 0 Å². The SMILES string of the molecule is CCC1CCC(Cl)C(Cc2ccc(F)cc2Cl)C1. The van der Waals surface area contributed by atoms with Gasteiger partial charge in [0.1, 0.15) is 5.82 Å². The summed E-state index contributed by atoms with van der Waals surface area (Å²) >= 11 is 12.5. The predicted octanol–water partition coefficient (Wildman–Crippen LogP) is 5.46. The lowest BCUT2D eigenvalue weighted by Crippen LogP contribution is -2.27. The largest absolute Gasteiger partial charge is 0.207 e. The Morgan fingerprint density at radius 2 is 2.11 bits per heavy atom. The van der Waals surface area contributed by atoms with Crippen LogP contribution in [0.2, 0.25) is 5.02 Å². The molecule has 3 heteroatoms.